The van der Waals surface area contributed by atoms with Crippen LogP contribution in [0.5, 0.6) is 0 Å². The third-order valence-corrected chi connectivity index (χ3v) is 25.5. The van der Waals surface area contributed by atoms with Crippen molar-refractivity contribution in [2.75, 3.05) is 26.4 Å². The standard InChI is InChI=1S/C66H108O31/c1-25-36(70)53(96-56-45(79)40(74)37(71)29(21-67)89-56)50(84)59(87-25)94-51-26(2)88-54(48(82)43(51)77)86-24-32-39(73)42(76)46(80)57(92-32)95-52-31(23-69)91-55(49(83)44(52)78)93-35-13-14-63(7)33(62(35,5)6)12-15-65(9)34(63)11-10-27-28-20-61(3,4)16-18-66(28,19-17-64(27,65)8)60(85)97-58-47(81)41(75)38(72)30(22-68)90-58/h10,25-26,28-59,67-84H,11-24H2,1-9H3/t25-,26-,28?,29-,30-,31-,32-,33?,34?,35+,36-,37-,38-,39+,40+,41+,42+,43-,44-,45-,46-,47-,48-,49-,50-,51-,52-,53+,54+,55+,56+,57+,58+,59-,63+,64-,65-,66+/m1/s1. The Morgan fingerprint density at radius 1 is 0.454 bits per heavy atom. The van der Waals surface area contributed by atoms with Gasteiger partial charge in [-0.2, -0.15) is 0 Å². The summed E-state index contributed by atoms with van der Waals surface area (Å²) in [6.07, 6.45) is -41.2. The highest BCUT2D eigenvalue weighted by atomic mass is 16.8. The molecule has 38 atom stereocenters. The normalized spacial score (nSPS) is 54.5. The highest BCUT2D eigenvalue weighted by Gasteiger charge is 2.71. The van der Waals surface area contributed by atoms with Gasteiger partial charge in [0.25, 0.3) is 0 Å². The van der Waals surface area contributed by atoms with E-state index in [4.69, 9.17) is 56.8 Å². The lowest BCUT2D eigenvalue weighted by Gasteiger charge is -2.71. The number of aliphatic hydroxyl groups is 18. The molecular formula is C66H108O31. The molecule has 558 valence electrons. The Morgan fingerprint density at radius 3 is 1.56 bits per heavy atom. The van der Waals surface area contributed by atoms with Crippen LogP contribution in [-0.2, 0) is 61.6 Å². The summed E-state index contributed by atoms with van der Waals surface area (Å²) in [5, 5.41) is 195. The van der Waals surface area contributed by atoms with E-state index >= 15 is 0 Å². The minimum Gasteiger partial charge on any atom is -0.432 e. The lowest BCUT2D eigenvalue weighted by Crippen LogP contribution is -2.67. The Labute approximate surface area is 563 Å². The van der Waals surface area contributed by atoms with Gasteiger partial charge in [0.15, 0.2) is 31.5 Å². The second-order valence-corrected chi connectivity index (χ2v) is 31.9. The third-order valence-electron chi connectivity index (χ3n) is 25.5. The molecule has 4 saturated carbocycles. The number of ether oxygens (including phenoxy) is 12. The van der Waals surface area contributed by atoms with Crippen molar-refractivity contribution in [1.82, 2.24) is 0 Å². The van der Waals surface area contributed by atoms with Crippen molar-refractivity contribution < 1.29 is 154 Å². The van der Waals surface area contributed by atoms with Crippen LogP contribution in [-0.4, -0.2) is 315 Å². The van der Waals surface area contributed by atoms with Crippen molar-refractivity contribution in [1.29, 1.82) is 0 Å². The molecule has 10 fully saturated rings. The summed E-state index contributed by atoms with van der Waals surface area (Å²) < 4.78 is 70.9. The van der Waals surface area contributed by atoms with Crippen LogP contribution in [0.15, 0.2) is 11.6 Å². The van der Waals surface area contributed by atoms with Gasteiger partial charge in [0, 0.05) is 0 Å². The van der Waals surface area contributed by atoms with Crippen LogP contribution in [0.2, 0.25) is 0 Å². The number of esters is 1. The van der Waals surface area contributed by atoms with Crippen LogP contribution in [0.4, 0.5) is 0 Å². The van der Waals surface area contributed by atoms with Gasteiger partial charge in [-0.1, -0.05) is 60.1 Å². The van der Waals surface area contributed by atoms with E-state index in [1.165, 1.54) is 19.4 Å². The Balaban J connectivity index is 0.707. The Morgan fingerprint density at radius 2 is 0.938 bits per heavy atom. The van der Waals surface area contributed by atoms with E-state index in [1.807, 2.05) is 0 Å². The van der Waals surface area contributed by atoms with Gasteiger partial charge in [0.05, 0.1) is 50.2 Å². The molecule has 0 radical (unpaired) electrons. The fraction of sp³-hybridized carbons (Fsp3) is 0.955. The quantitative estimate of drug-likeness (QED) is 0.0395. The van der Waals surface area contributed by atoms with Crippen molar-refractivity contribution >= 4 is 5.97 Å². The van der Waals surface area contributed by atoms with Gasteiger partial charge in [-0.3, -0.25) is 4.79 Å². The monoisotopic (exact) mass is 1400 g/mol. The van der Waals surface area contributed by atoms with Gasteiger partial charge in [-0.25, -0.2) is 0 Å². The molecule has 6 heterocycles. The number of aliphatic hydroxyl groups excluding tert-OH is 18. The van der Waals surface area contributed by atoms with Crippen LogP contribution in [0, 0.1) is 50.2 Å². The largest absolute Gasteiger partial charge is 0.432 e. The lowest BCUT2D eigenvalue weighted by atomic mass is 9.33. The van der Waals surface area contributed by atoms with Crippen LogP contribution in [0.1, 0.15) is 127 Å². The van der Waals surface area contributed by atoms with Crippen molar-refractivity contribution in [3.8, 4) is 0 Å². The first kappa shape index (κ1) is 76.2. The van der Waals surface area contributed by atoms with Gasteiger partial charge in [0.2, 0.25) is 6.29 Å². The maximum atomic E-state index is 14.8. The van der Waals surface area contributed by atoms with Crippen molar-refractivity contribution in [3.63, 3.8) is 0 Å². The molecular weight excluding hydrogens is 1290 g/mol. The summed E-state index contributed by atoms with van der Waals surface area (Å²) in [5.74, 6) is -0.419. The van der Waals surface area contributed by atoms with Crippen molar-refractivity contribution in [3.05, 3.63) is 11.6 Å². The zero-order valence-corrected chi connectivity index (χ0v) is 56.5. The second kappa shape index (κ2) is 28.5. The predicted octanol–water partition coefficient (Wildman–Crippen LogP) is -4.33. The summed E-state index contributed by atoms with van der Waals surface area (Å²) in [5.41, 5.74) is -1.11. The lowest BCUT2D eigenvalue weighted by molar-refractivity contribution is -0.380. The van der Waals surface area contributed by atoms with Crippen LogP contribution in [0.3, 0.4) is 0 Å². The van der Waals surface area contributed by atoms with E-state index in [0.717, 1.165) is 38.5 Å². The van der Waals surface area contributed by atoms with E-state index < -0.39 is 234 Å². The molecule has 31 heteroatoms. The first-order chi connectivity index (χ1) is 45.4. The zero-order chi connectivity index (χ0) is 70.9. The molecule has 97 heavy (non-hydrogen) atoms. The van der Waals surface area contributed by atoms with E-state index in [9.17, 15) is 96.7 Å². The van der Waals surface area contributed by atoms with E-state index in [-0.39, 0.29) is 39.4 Å². The molecule has 5 aliphatic carbocycles. The number of fused-ring (bicyclic) bond motifs is 7. The molecule has 0 aromatic rings. The van der Waals surface area contributed by atoms with E-state index in [1.54, 1.807) is 0 Å². The summed E-state index contributed by atoms with van der Waals surface area (Å²) >= 11 is 0. The van der Waals surface area contributed by atoms with Crippen LogP contribution >= 0.6 is 0 Å². The number of rotatable bonds is 16. The highest BCUT2D eigenvalue weighted by Crippen LogP contribution is 2.76. The van der Waals surface area contributed by atoms with Gasteiger partial charge in [0.1, 0.15) is 134 Å². The number of allylic oxidation sites excluding steroid dienone is 2. The van der Waals surface area contributed by atoms with Crippen LogP contribution < -0.4 is 0 Å². The fourth-order valence-corrected chi connectivity index (χ4v) is 19.3. The second-order valence-electron chi connectivity index (χ2n) is 31.9. The van der Waals surface area contributed by atoms with Gasteiger partial charge < -0.3 is 149 Å². The Kier molecular flexibility index (Phi) is 22.4. The van der Waals surface area contributed by atoms with Crippen molar-refractivity contribution in [2.24, 2.45) is 50.2 Å². The van der Waals surface area contributed by atoms with E-state index in [2.05, 4.69) is 54.5 Å². The van der Waals surface area contributed by atoms with Crippen molar-refractivity contribution in [2.45, 2.75) is 317 Å². The molecule has 6 aliphatic heterocycles. The van der Waals surface area contributed by atoms with Gasteiger partial charge in [-0.15, -0.1) is 0 Å². The summed E-state index contributed by atoms with van der Waals surface area (Å²) in [6.45, 7) is 15.7. The first-order valence-corrected chi connectivity index (χ1v) is 34.6. The number of carbonyl (C=O) groups is 1. The Bertz CT molecular complexity index is 2730. The molecule has 0 aromatic carbocycles. The number of hydrogen-bond acceptors (Lipinski definition) is 31. The summed E-state index contributed by atoms with van der Waals surface area (Å²) in [6, 6.07) is 0. The fourth-order valence-electron chi connectivity index (χ4n) is 19.3. The predicted molar refractivity (Wildman–Crippen MR) is 325 cm³/mol. The minimum absolute atomic E-state index is 0.0956. The highest BCUT2D eigenvalue weighted by molar-refractivity contribution is 5.79. The zero-order valence-electron chi connectivity index (χ0n) is 56.5. The minimum atomic E-state index is -1.99. The molecule has 31 nitrogen and oxygen atoms in total. The SMILES string of the molecule is C[C@H]1O[C@H](O[C@H]2[C@H](O)[C@@H](O)[C@@H](OC[C@H]3O[C@@H](O[C@H]4[C@H](O)[C@@H](O)[C@H](O[C@H]5CC[C@@]6(C)C(CC[C@]7(C)C6CC=C6C8CC(C)(C)CC[C@]8(C(=O)O[C@@H]8O[C@H](CO)[C@@H](O)[C@H](O)[C@H]8O)CC[C@]67C)C5(C)C)O[C@@H]4CO)[C@H](O)[C@@H](O)[C@H]3O)O[C@@H]2C)[C@H](O)[C@@H](O[C@@H]2O[C@H](CO)[C@@H](O)[C@H](O)[C@H]2O)[C@@H]1O. The molecule has 18 N–H and O–H groups in total. The topological polar surface area (TPSA) is 492 Å². The average molecular weight is 1400 g/mol. The molecule has 11 rings (SSSR count). The first-order valence-electron chi connectivity index (χ1n) is 34.6. The molecule has 0 amide bonds. The number of hydrogen-bond donors (Lipinski definition) is 18. The van der Waals surface area contributed by atoms with Crippen LogP contribution in [0.25, 0.3) is 0 Å². The van der Waals surface area contributed by atoms with Gasteiger partial charge >= 0.3 is 5.97 Å². The molecule has 0 bridgehead atoms. The number of carbonyl (C=O) groups excluding carboxylic acids is 1. The smallest absolute Gasteiger partial charge is 0.315 e. The summed E-state index contributed by atoms with van der Waals surface area (Å²) in [4.78, 5) is 14.8. The molecule has 0 spiro atoms. The molecule has 6 saturated heterocycles. The van der Waals surface area contributed by atoms with E-state index in [0.29, 0.717) is 25.7 Å². The molecule has 3 unspecified atom stereocenters. The average Bonchev–Trinajstić information content (AvgIpc) is 0.675. The maximum absolute atomic E-state index is 14.8. The molecule has 0 aromatic heterocycles. The molecule has 11 aliphatic rings. The van der Waals surface area contributed by atoms with Gasteiger partial charge in [-0.05, 0) is 123 Å². The summed E-state index contributed by atoms with van der Waals surface area (Å²) in [7, 11) is 0. The third kappa shape index (κ3) is 13.2. The maximum Gasteiger partial charge on any atom is 0.315 e. The Hall–Kier alpha value is -1.95.